The lowest BCUT2D eigenvalue weighted by atomic mass is 10.1. The maximum absolute atomic E-state index is 5.55. The van der Waals surface area contributed by atoms with Crippen molar-refractivity contribution in [3.63, 3.8) is 0 Å². The largest absolute Gasteiger partial charge is 0.383 e. The Morgan fingerprint density at radius 2 is 2.09 bits per heavy atom. The fourth-order valence-corrected chi connectivity index (χ4v) is 0.938. The molecule has 3 nitrogen and oxygen atoms in total. The van der Waals surface area contributed by atoms with E-state index in [9.17, 15) is 0 Å². The summed E-state index contributed by atoms with van der Waals surface area (Å²) < 4.78 is 4.91. The van der Waals surface area contributed by atoms with Crippen molar-refractivity contribution in [1.29, 1.82) is 0 Å². The van der Waals surface area contributed by atoms with Crippen LogP contribution in [0.2, 0.25) is 0 Å². The van der Waals surface area contributed by atoms with E-state index in [0.717, 1.165) is 13.2 Å². The highest BCUT2D eigenvalue weighted by Crippen LogP contribution is 1.98. The zero-order valence-corrected chi connectivity index (χ0v) is 7.76. The van der Waals surface area contributed by atoms with Crippen LogP contribution in [0.5, 0.6) is 0 Å². The number of nitrogens with one attached hydrogen (secondary N) is 1. The van der Waals surface area contributed by atoms with Gasteiger partial charge in [0.15, 0.2) is 0 Å². The summed E-state index contributed by atoms with van der Waals surface area (Å²) >= 11 is 0. The molecule has 0 saturated heterocycles. The van der Waals surface area contributed by atoms with Gasteiger partial charge in [0.2, 0.25) is 0 Å². The Morgan fingerprint density at radius 3 is 2.45 bits per heavy atom. The fraction of sp³-hybridized carbons (Fsp3) is 1.00. The summed E-state index contributed by atoms with van der Waals surface area (Å²) in [5, 5.41) is 3.32. The quantitative estimate of drug-likeness (QED) is 0.546. The summed E-state index contributed by atoms with van der Waals surface area (Å²) in [4.78, 5) is 0. The Balaban J connectivity index is 3.36. The Hall–Kier alpha value is -0.120. The van der Waals surface area contributed by atoms with Crippen LogP contribution < -0.4 is 11.1 Å². The number of hydrogen-bond acceptors (Lipinski definition) is 3. The summed E-state index contributed by atoms with van der Waals surface area (Å²) in [6.07, 6.45) is 0. The fourth-order valence-electron chi connectivity index (χ4n) is 0.938. The smallest absolute Gasteiger partial charge is 0.0587 e. The summed E-state index contributed by atoms with van der Waals surface area (Å²) in [5.41, 5.74) is 5.55. The van der Waals surface area contributed by atoms with Crippen molar-refractivity contribution >= 4 is 0 Å². The summed E-state index contributed by atoms with van der Waals surface area (Å²) in [6, 6.07) is 0.421. The predicted octanol–water partition coefficient (Wildman–Crippen LogP) is 0.206. The zero-order valence-electron chi connectivity index (χ0n) is 7.76. The van der Waals surface area contributed by atoms with Crippen molar-refractivity contribution in [2.45, 2.75) is 19.9 Å². The average molecular weight is 160 g/mol. The minimum Gasteiger partial charge on any atom is -0.383 e. The van der Waals surface area contributed by atoms with E-state index in [-0.39, 0.29) is 0 Å². The van der Waals surface area contributed by atoms with Crippen LogP contribution in [0.3, 0.4) is 0 Å². The third-order valence-corrected chi connectivity index (χ3v) is 1.77. The molecule has 0 aliphatic carbocycles. The topological polar surface area (TPSA) is 47.3 Å². The van der Waals surface area contributed by atoms with Crippen molar-refractivity contribution in [1.82, 2.24) is 5.32 Å². The number of hydrogen-bond donors (Lipinski definition) is 2. The van der Waals surface area contributed by atoms with Gasteiger partial charge in [-0.2, -0.15) is 0 Å². The number of ether oxygens (including phenoxy) is 1. The van der Waals surface area contributed by atoms with Crippen molar-refractivity contribution in [3.8, 4) is 0 Å². The van der Waals surface area contributed by atoms with Gasteiger partial charge >= 0.3 is 0 Å². The highest BCUT2D eigenvalue weighted by molar-refractivity contribution is 4.70. The first kappa shape index (κ1) is 10.9. The van der Waals surface area contributed by atoms with Gasteiger partial charge in [-0.1, -0.05) is 13.8 Å². The lowest BCUT2D eigenvalue weighted by Crippen LogP contribution is -2.41. The Morgan fingerprint density at radius 1 is 1.45 bits per heavy atom. The second-order valence-corrected chi connectivity index (χ2v) is 3.03. The van der Waals surface area contributed by atoms with E-state index >= 15 is 0 Å². The van der Waals surface area contributed by atoms with Gasteiger partial charge in [0.25, 0.3) is 0 Å². The first-order valence-electron chi connectivity index (χ1n) is 4.14. The molecule has 0 amide bonds. The van der Waals surface area contributed by atoms with Crippen LogP contribution in [-0.2, 0) is 4.74 Å². The maximum Gasteiger partial charge on any atom is 0.0587 e. The van der Waals surface area contributed by atoms with Crippen molar-refractivity contribution in [3.05, 3.63) is 0 Å². The molecular formula is C8H20N2O. The molecule has 0 aromatic carbocycles. The molecule has 1 unspecified atom stereocenters. The van der Waals surface area contributed by atoms with E-state index in [1.54, 1.807) is 7.11 Å². The summed E-state index contributed by atoms with van der Waals surface area (Å²) in [6.45, 7) is 6.66. The molecule has 0 bridgehead atoms. The Labute approximate surface area is 69.3 Å². The SMILES string of the molecule is COCCNC(CN)C(C)C. The molecule has 1 atom stereocenters. The minimum atomic E-state index is 0.421. The molecule has 3 heteroatoms. The van der Waals surface area contributed by atoms with E-state index in [2.05, 4.69) is 19.2 Å². The molecule has 0 heterocycles. The summed E-state index contributed by atoms with van der Waals surface area (Å²) in [7, 11) is 1.70. The molecule has 0 aliphatic rings. The van der Waals surface area contributed by atoms with Crippen LogP contribution in [0.25, 0.3) is 0 Å². The molecular weight excluding hydrogens is 140 g/mol. The molecule has 68 valence electrons. The number of methoxy groups -OCH3 is 1. The standard InChI is InChI=1S/C8H20N2O/c1-7(2)8(6-9)10-4-5-11-3/h7-8,10H,4-6,9H2,1-3H3. The minimum absolute atomic E-state index is 0.421. The number of rotatable bonds is 6. The highest BCUT2D eigenvalue weighted by atomic mass is 16.5. The van der Waals surface area contributed by atoms with Crippen LogP contribution in [0, 0.1) is 5.92 Å². The molecule has 0 radical (unpaired) electrons. The lowest BCUT2D eigenvalue weighted by Gasteiger charge is -2.19. The maximum atomic E-state index is 5.55. The third kappa shape index (κ3) is 5.18. The lowest BCUT2D eigenvalue weighted by molar-refractivity contribution is 0.192. The Kier molecular flexibility index (Phi) is 6.51. The highest BCUT2D eigenvalue weighted by Gasteiger charge is 2.08. The van der Waals surface area contributed by atoms with Gasteiger partial charge in [0.1, 0.15) is 0 Å². The van der Waals surface area contributed by atoms with Crippen molar-refractivity contribution in [2.24, 2.45) is 11.7 Å². The average Bonchev–Trinajstić information content (AvgIpc) is 1.97. The molecule has 0 saturated carbocycles. The molecule has 11 heavy (non-hydrogen) atoms. The zero-order chi connectivity index (χ0) is 8.69. The molecule has 0 spiro atoms. The van der Waals surface area contributed by atoms with Gasteiger partial charge in [-0.3, -0.25) is 0 Å². The van der Waals surface area contributed by atoms with Gasteiger partial charge in [-0.15, -0.1) is 0 Å². The second-order valence-electron chi connectivity index (χ2n) is 3.03. The van der Waals surface area contributed by atoms with E-state index in [0.29, 0.717) is 18.5 Å². The normalized spacial score (nSPS) is 13.9. The van der Waals surface area contributed by atoms with Crippen LogP contribution in [0.4, 0.5) is 0 Å². The molecule has 0 aromatic rings. The van der Waals surface area contributed by atoms with E-state index < -0.39 is 0 Å². The van der Waals surface area contributed by atoms with Crippen LogP contribution in [-0.4, -0.2) is 32.8 Å². The number of nitrogens with two attached hydrogens (primary N) is 1. The third-order valence-electron chi connectivity index (χ3n) is 1.77. The van der Waals surface area contributed by atoms with E-state index in [1.807, 2.05) is 0 Å². The predicted molar refractivity (Wildman–Crippen MR) is 47.6 cm³/mol. The molecule has 0 fully saturated rings. The molecule has 0 aliphatic heterocycles. The van der Waals surface area contributed by atoms with E-state index in [4.69, 9.17) is 10.5 Å². The van der Waals surface area contributed by atoms with E-state index in [1.165, 1.54) is 0 Å². The first-order valence-corrected chi connectivity index (χ1v) is 4.14. The van der Waals surface area contributed by atoms with Gasteiger partial charge in [0.05, 0.1) is 6.61 Å². The van der Waals surface area contributed by atoms with Gasteiger partial charge in [0, 0.05) is 26.2 Å². The first-order chi connectivity index (χ1) is 5.22. The Bertz CT molecular complexity index is 86.2. The van der Waals surface area contributed by atoms with Gasteiger partial charge in [-0.25, -0.2) is 0 Å². The molecule has 0 rings (SSSR count). The van der Waals surface area contributed by atoms with Crippen LogP contribution >= 0.6 is 0 Å². The van der Waals surface area contributed by atoms with Crippen LogP contribution in [0.15, 0.2) is 0 Å². The van der Waals surface area contributed by atoms with Gasteiger partial charge < -0.3 is 15.8 Å². The monoisotopic (exact) mass is 160 g/mol. The molecule has 3 N–H and O–H groups in total. The second kappa shape index (κ2) is 6.58. The van der Waals surface area contributed by atoms with Crippen molar-refractivity contribution < 1.29 is 4.74 Å². The van der Waals surface area contributed by atoms with Crippen molar-refractivity contribution in [2.75, 3.05) is 26.8 Å². The van der Waals surface area contributed by atoms with Crippen LogP contribution in [0.1, 0.15) is 13.8 Å². The molecule has 0 aromatic heterocycles. The van der Waals surface area contributed by atoms with Gasteiger partial charge in [-0.05, 0) is 5.92 Å². The summed E-state index contributed by atoms with van der Waals surface area (Å²) in [5.74, 6) is 0.594.